The second kappa shape index (κ2) is 6.54. The van der Waals surface area contributed by atoms with Crippen LogP contribution in [0, 0.1) is 0 Å². The van der Waals surface area contributed by atoms with E-state index in [0.29, 0.717) is 17.7 Å². The molecule has 1 aromatic heterocycles. The van der Waals surface area contributed by atoms with Gasteiger partial charge in [0.25, 0.3) is 0 Å². The number of halogens is 2. The van der Waals surface area contributed by atoms with Crippen LogP contribution >= 0.6 is 23.7 Å². The number of nitrogens with two attached hydrogens (primary N) is 1. The van der Waals surface area contributed by atoms with Crippen LogP contribution in [0.15, 0.2) is 35.6 Å². The van der Waals surface area contributed by atoms with Crippen LogP contribution in [-0.4, -0.2) is 18.1 Å². The molecule has 1 heterocycles. The molecule has 2 aromatic rings. The third-order valence-corrected chi connectivity index (χ3v) is 2.95. The van der Waals surface area contributed by atoms with Crippen LogP contribution in [0.2, 0.25) is 0 Å². The maximum atomic E-state index is 12.3. The number of nitrogens with zero attached hydrogens (tertiary/aromatic N) is 1. The van der Waals surface area contributed by atoms with Crippen molar-refractivity contribution in [3.05, 3.63) is 35.6 Å². The SMILES string of the molecule is Cl.NC/C(=C\F)COc1cccc2scnc12. The molecule has 2 N–H and O–H groups in total. The normalized spacial score (nSPS) is 11.3. The maximum absolute atomic E-state index is 12.3. The van der Waals surface area contributed by atoms with Crippen LogP contribution in [0.5, 0.6) is 5.75 Å². The van der Waals surface area contributed by atoms with Crippen molar-refractivity contribution in [1.29, 1.82) is 0 Å². The molecule has 0 unspecified atom stereocenters. The lowest BCUT2D eigenvalue weighted by Gasteiger charge is -2.07. The van der Waals surface area contributed by atoms with E-state index in [1.54, 1.807) is 16.8 Å². The Kier molecular flexibility index (Phi) is 5.34. The predicted molar refractivity (Wildman–Crippen MR) is 70.6 cm³/mol. The molecular formula is C11H12ClFN2OS. The number of para-hydroxylation sites is 1. The standard InChI is InChI=1S/C11H11FN2OS.ClH/c12-4-8(5-13)6-15-9-2-1-3-10-11(9)14-7-16-10;/h1-4,7H,5-6,13H2;1H/b8-4+;. The first-order chi connectivity index (χ1) is 7.85. The fraction of sp³-hybridized carbons (Fsp3) is 0.182. The van der Waals surface area contributed by atoms with Crippen molar-refractivity contribution in [1.82, 2.24) is 4.98 Å². The van der Waals surface area contributed by atoms with Crippen LogP contribution < -0.4 is 10.5 Å². The molecule has 1 aromatic carbocycles. The largest absolute Gasteiger partial charge is 0.487 e. The number of fused-ring (bicyclic) bond motifs is 1. The monoisotopic (exact) mass is 274 g/mol. The lowest BCUT2D eigenvalue weighted by Crippen LogP contribution is -2.10. The first-order valence-electron chi connectivity index (χ1n) is 4.78. The van der Waals surface area contributed by atoms with E-state index in [9.17, 15) is 4.39 Å². The molecule has 0 saturated heterocycles. The van der Waals surface area contributed by atoms with E-state index in [-0.39, 0.29) is 25.6 Å². The van der Waals surface area contributed by atoms with Crippen molar-refractivity contribution in [2.24, 2.45) is 5.73 Å². The lowest BCUT2D eigenvalue weighted by molar-refractivity contribution is 0.351. The summed E-state index contributed by atoms with van der Waals surface area (Å²) in [5, 5.41) is 0. The smallest absolute Gasteiger partial charge is 0.146 e. The summed E-state index contributed by atoms with van der Waals surface area (Å²) in [5.41, 5.74) is 8.33. The van der Waals surface area contributed by atoms with Crippen LogP contribution in [0.25, 0.3) is 10.2 Å². The molecule has 0 atom stereocenters. The Bertz CT molecular complexity index is 515. The molecule has 0 aliphatic rings. The van der Waals surface area contributed by atoms with E-state index in [4.69, 9.17) is 10.5 Å². The summed E-state index contributed by atoms with van der Waals surface area (Å²) in [4.78, 5) is 4.20. The van der Waals surface area contributed by atoms with E-state index < -0.39 is 0 Å². The quantitative estimate of drug-likeness (QED) is 0.933. The minimum absolute atomic E-state index is 0. The predicted octanol–water partition coefficient (Wildman–Crippen LogP) is 2.91. The molecule has 0 saturated carbocycles. The molecule has 0 aliphatic carbocycles. The Morgan fingerprint density at radius 1 is 1.53 bits per heavy atom. The Morgan fingerprint density at radius 2 is 2.35 bits per heavy atom. The summed E-state index contributed by atoms with van der Waals surface area (Å²) < 4.78 is 18.8. The molecule has 17 heavy (non-hydrogen) atoms. The van der Waals surface area contributed by atoms with Gasteiger partial charge in [0.1, 0.15) is 17.9 Å². The highest BCUT2D eigenvalue weighted by Crippen LogP contribution is 2.27. The highest BCUT2D eigenvalue weighted by molar-refractivity contribution is 7.16. The molecule has 0 aliphatic heterocycles. The zero-order chi connectivity index (χ0) is 11.4. The van der Waals surface area contributed by atoms with Crippen LogP contribution in [0.3, 0.4) is 0 Å². The highest BCUT2D eigenvalue weighted by Gasteiger charge is 2.05. The molecule has 6 heteroatoms. The number of aromatic nitrogens is 1. The van der Waals surface area contributed by atoms with Gasteiger partial charge in [0.2, 0.25) is 0 Å². The molecule has 0 radical (unpaired) electrons. The molecule has 0 bridgehead atoms. The number of hydrogen-bond acceptors (Lipinski definition) is 4. The van der Waals surface area contributed by atoms with Crippen molar-refractivity contribution in [2.75, 3.05) is 13.2 Å². The summed E-state index contributed by atoms with van der Waals surface area (Å²) in [7, 11) is 0. The average molecular weight is 275 g/mol. The number of rotatable bonds is 4. The molecule has 0 amide bonds. The van der Waals surface area contributed by atoms with Gasteiger partial charge >= 0.3 is 0 Å². The molecule has 3 nitrogen and oxygen atoms in total. The fourth-order valence-corrected chi connectivity index (χ4v) is 1.98. The lowest BCUT2D eigenvalue weighted by atomic mass is 10.3. The van der Waals surface area contributed by atoms with Gasteiger partial charge in [-0.3, -0.25) is 0 Å². The minimum Gasteiger partial charge on any atom is -0.487 e. The second-order valence-corrected chi connectivity index (χ2v) is 4.10. The Balaban J connectivity index is 0.00000144. The minimum atomic E-state index is 0. The third-order valence-electron chi connectivity index (χ3n) is 2.15. The Morgan fingerprint density at radius 3 is 3.06 bits per heavy atom. The van der Waals surface area contributed by atoms with E-state index in [1.807, 2.05) is 18.2 Å². The zero-order valence-electron chi connectivity index (χ0n) is 8.93. The molecule has 2 rings (SSSR count). The first kappa shape index (κ1) is 13.9. The van der Waals surface area contributed by atoms with E-state index in [0.717, 1.165) is 10.2 Å². The maximum Gasteiger partial charge on any atom is 0.146 e. The van der Waals surface area contributed by atoms with Crippen molar-refractivity contribution < 1.29 is 9.13 Å². The van der Waals surface area contributed by atoms with Crippen molar-refractivity contribution in [2.45, 2.75) is 0 Å². The van der Waals surface area contributed by atoms with Crippen molar-refractivity contribution in [3.63, 3.8) is 0 Å². The van der Waals surface area contributed by atoms with Gasteiger partial charge in [0, 0.05) is 12.1 Å². The first-order valence-corrected chi connectivity index (χ1v) is 5.66. The fourth-order valence-electron chi connectivity index (χ4n) is 1.28. The summed E-state index contributed by atoms with van der Waals surface area (Å²) >= 11 is 1.54. The number of benzene rings is 1. The Labute approximate surface area is 109 Å². The summed E-state index contributed by atoms with van der Waals surface area (Å²) in [6.45, 7) is 0.313. The Hall–Kier alpha value is -1.17. The van der Waals surface area contributed by atoms with E-state index in [1.165, 1.54) is 0 Å². The van der Waals surface area contributed by atoms with Crippen LogP contribution in [-0.2, 0) is 0 Å². The van der Waals surface area contributed by atoms with Crippen molar-refractivity contribution >= 4 is 34.0 Å². The number of thiazole rings is 1. The van der Waals surface area contributed by atoms with Gasteiger partial charge in [-0.1, -0.05) is 6.07 Å². The van der Waals surface area contributed by atoms with E-state index in [2.05, 4.69) is 4.98 Å². The molecular weight excluding hydrogens is 263 g/mol. The average Bonchev–Trinajstić information content (AvgIpc) is 2.79. The highest BCUT2D eigenvalue weighted by atomic mass is 35.5. The van der Waals surface area contributed by atoms with Gasteiger partial charge in [-0.05, 0) is 12.1 Å². The van der Waals surface area contributed by atoms with Gasteiger partial charge in [0.05, 0.1) is 16.5 Å². The van der Waals surface area contributed by atoms with Gasteiger partial charge < -0.3 is 10.5 Å². The summed E-state index contributed by atoms with van der Waals surface area (Å²) in [5.74, 6) is 0.659. The van der Waals surface area contributed by atoms with Crippen LogP contribution in [0.4, 0.5) is 4.39 Å². The third kappa shape index (κ3) is 3.15. The van der Waals surface area contributed by atoms with Gasteiger partial charge in [-0.2, -0.15) is 0 Å². The molecule has 92 valence electrons. The zero-order valence-corrected chi connectivity index (χ0v) is 10.6. The summed E-state index contributed by atoms with van der Waals surface area (Å²) in [6.07, 6.45) is 0.487. The van der Waals surface area contributed by atoms with Gasteiger partial charge in [-0.25, -0.2) is 9.37 Å². The van der Waals surface area contributed by atoms with E-state index >= 15 is 0 Å². The number of hydrogen-bond donors (Lipinski definition) is 1. The van der Waals surface area contributed by atoms with Gasteiger partial charge in [0.15, 0.2) is 0 Å². The topological polar surface area (TPSA) is 48.1 Å². The van der Waals surface area contributed by atoms with Gasteiger partial charge in [-0.15, -0.1) is 23.7 Å². The molecule has 0 fully saturated rings. The second-order valence-electron chi connectivity index (χ2n) is 3.22. The van der Waals surface area contributed by atoms with Crippen molar-refractivity contribution in [3.8, 4) is 5.75 Å². The summed E-state index contributed by atoms with van der Waals surface area (Å²) in [6, 6.07) is 5.67. The molecule has 0 spiro atoms. The van der Waals surface area contributed by atoms with Crippen LogP contribution in [0.1, 0.15) is 0 Å². The number of ether oxygens (including phenoxy) is 1.